The Balaban J connectivity index is 1.75. The predicted molar refractivity (Wildman–Crippen MR) is 133 cm³/mol. The Morgan fingerprint density at radius 3 is 1.30 bits per heavy atom. The van der Waals surface area contributed by atoms with Crippen molar-refractivity contribution in [3.8, 4) is 6.07 Å². The fourth-order valence-corrected chi connectivity index (χ4v) is 3.90. The number of anilines is 2. The number of hydrogen-bond donors (Lipinski definition) is 2. The smallest absolute Gasteiger partial charge is 0.0949 e. The number of nitrogens with zero attached hydrogens (tertiary/aromatic N) is 3. The van der Waals surface area contributed by atoms with Crippen molar-refractivity contribution in [1.82, 2.24) is 9.97 Å². The summed E-state index contributed by atoms with van der Waals surface area (Å²) in [6, 6.07) is 26.4. The van der Waals surface area contributed by atoms with Gasteiger partial charge in [0.05, 0.1) is 24.1 Å². The van der Waals surface area contributed by atoms with Gasteiger partial charge in [-0.25, -0.2) is 0 Å². The molecular weight excluding hydrogens is 406 g/mol. The fourth-order valence-electron chi connectivity index (χ4n) is 3.90. The molecule has 0 spiro atoms. The lowest BCUT2D eigenvalue weighted by molar-refractivity contribution is 0.492. The Morgan fingerprint density at radius 1 is 0.606 bits per heavy atom. The van der Waals surface area contributed by atoms with Crippen molar-refractivity contribution < 1.29 is 0 Å². The second-order valence-electron chi connectivity index (χ2n) is 8.19. The van der Waals surface area contributed by atoms with Gasteiger partial charge in [-0.3, -0.25) is 9.97 Å². The average molecular weight is 434 g/mol. The van der Waals surface area contributed by atoms with Gasteiger partial charge >= 0.3 is 0 Å². The molecule has 0 aliphatic rings. The van der Waals surface area contributed by atoms with E-state index in [1.54, 1.807) is 24.8 Å². The number of aromatic nitrogens is 2. The number of nitriles is 1. The van der Waals surface area contributed by atoms with Crippen LogP contribution < -0.4 is 10.6 Å². The van der Waals surface area contributed by atoms with Crippen molar-refractivity contribution in [2.24, 2.45) is 5.92 Å². The van der Waals surface area contributed by atoms with Gasteiger partial charge in [-0.1, -0.05) is 35.4 Å². The first-order valence-corrected chi connectivity index (χ1v) is 11.0. The number of benzene rings is 2. The van der Waals surface area contributed by atoms with Gasteiger partial charge in [0.2, 0.25) is 0 Å². The minimum absolute atomic E-state index is 0.267. The van der Waals surface area contributed by atoms with Crippen molar-refractivity contribution in [3.05, 3.63) is 120 Å². The summed E-state index contributed by atoms with van der Waals surface area (Å²) in [4.78, 5) is 8.35. The van der Waals surface area contributed by atoms with Crippen molar-refractivity contribution in [2.75, 3.05) is 10.6 Å². The molecule has 4 rings (SSSR count). The quantitative estimate of drug-likeness (QED) is 0.344. The van der Waals surface area contributed by atoms with Crippen molar-refractivity contribution in [1.29, 1.82) is 5.26 Å². The first kappa shape index (κ1) is 22.0. The number of rotatable bonds is 8. The highest BCUT2D eigenvalue weighted by molar-refractivity contribution is 5.50. The van der Waals surface area contributed by atoms with Crippen LogP contribution >= 0.6 is 0 Å². The summed E-state index contributed by atoms with van der Waals surface area (Å²) in [5.74, 6) is -0.433. The Kier molecular flexibility index (Phi) is 6.96. The molecule has 2 atom stereocenters. The molecule has 4 aromatic rings. The monoisotopic (exact) mass is 433 g/mol. The lowest BCUT2D eigenvalue weighted by Gasteiger charge is -2.32. The van der Waals surface area contributed by atoms with E-state index in [1.807, 2.05) is 48.5 Å². The summed E-state index contributed by atoms with van der Waals surface area (Å²) in [7, 11) is 0. The summed E-state index contributed by atoms with van der Waals surface area (Å²) in [6.07, 6.45) is 7.07. The van der Waals surface area contributed by atoms with E-state index < -0.39 is 5.92 Å². The SMILES string of the molecule is Cc1ccc(NC(c2ccncc2)C(C#N)C(Nc2ccc(C)cc2)c2ccncc2)cc1. The van der Waals surface area contributed by atoms with Crippen molar-refractivity contribution in [3.63, 3.8) is 0 Å². The zero-order valence-electron chi connectivity index (χ0n) is 18.8. The van der Waals surface area contributed by atoms with E-state index in [1.165, 1.54) is 11.1 Å². The van der Waals surface area contributed by atoms with Crippen molar-refractivity contribution >= 4 is 11.4 Å². The molecule has 0 bridgehead atoms. The summed E-state index contributed by atoms with van der Waals surface area (Å²) >= 11 is 0. The van der Waals surface area contributed by atoms with E-state index in [0.29, 0.717) is 0 Å². The highest BCUT2D eigenvalue weighted by atomic mass is 15.0. The van der Waals surface area contributed by atoms with Gasteiger partial charge in [-0.15, -0.1) is 0 Å². The predicted octanol–water partition coefficient (Wildman–Crippen LogP) is 6.24. The third-order valence-corrected chi connectivity index (χ3v) is 5.75. The lowest BCUT2D eigenvalue weighted by atomic mass is 9.84. The first-order valence-electron chi connectivity index (χ1n) is 11.0. The van der Waals surface area contributed by atoms with Crippen LogP contribution in [0.15, 0.2) is 97.6 Å². The Morgan fingerprint density at radius 2 is 0.970 bits per heavy atom. The number of pyridine rings is 2. The van der Waals surface area contributed by atoms with E-state index in [2.05, 4.69) is 64.8 Å². The van der Waals surface area contributed by atoms with Gasteiger partial charge in [0.1, 0.15) is 0 Å². The second kappa shape index (κ2) is 10.4. The van der Waals surface area contributed by atoms with Crippen LogP contribution in [0.2, 0.25) is 0 Å². The molecule has 2 aromatic heterocycles. The molecule has 0 saturated carbocycles. The molecule has 0 aliphatic carbocycles. The maximum Gasteiger partial charge on any atom is 0.0949 e. The number of aryl methyl sites for hydroxylation is 2. The molecule has 2 heterocycles. The highest BCUT2D eigenvalue weighted by Crippen LogP contribution is 2.37. The van der Waals surface area contributed by atoms with Crippen LogP contribution in [0, 0.1) is 31.1 Å². The maximum absolute atomic E-state index is 10.5. The third-order valence-electron chi connectivity index (χ3n) is 5.75. The van der Waals surface area contributed by atoms with Gasteiger partial charge in [0, 0.05) is 36.2 Å². The van der Waals surface area contributed by atoms with Crippen LogP contribution in [-0.2, 0) is 0 Å². The number of nitrogens with one attached hydrogen (secondary N) is 2. The van der Waals surface area contributed by atoms with Gasteiger partial charge < -0.3 is 10.6 Å². The molecule has 5 nitrogen and oxygen atoms in total. The van der Waals surface area contributed by atoms with Crippen LogP contribution in [0.3, 0.4) is 0 Å². The van der Waals surface area contributed by atoms with Crippen LogP contribution in [0.5, 0.6) is 0 Å². The standard InChI is InChI=1S/C28H27N5/c1-20-3-7-24(8-4-20)32-27(22-11-15-30-16-12-22)26(19-29)28(23-13-17-31-18-14-23)33-25-9-5-21(2)6-10-25/h3-18,26-28,32-33H,1-2H3. The van der Waals surface area contributed by atoms with Crippen LogP contribution in [0.4, 0.5) is 11.4 Å². The molecule has 33 heavy (non-hydrogen) atoms. The van der Waals surface area contributed by atoms with Crippen LogP contribution in [0.1, 0.15) is 34.3 Å². The molecule has 0 saturated heterocycles. The topological polar surface area (TPSA) is 73.6 Å². The van der Waals surface area contributed by atoms with E-state index in [0.717, 1.165) is 22.5 Å². The van der Waals surface area contributed by atoms with Crippen LogP contribution in [-0.4, -0.2) is 9.97 Å². The lowest BCUT2D eigenvalue weighted by Crippen LogP contribution is -2.30. The zero-order chi connectivity index (χ0) is 23.0. The van der Waals surface area contributed by atoms with Gasteiger partial charge in [0.25, 0.3) is 0 Å². The molecule has 0 amide bonds. The molecule has 164 valence electrons. The molecular formula is C28H27N5. The molecule has 2 aromatic carbocycles. The molecule has 5 heteroatoms. The largest absolute Gasteiger partial charge is 0.377 e. The third kappa shape index (κ3) is 5.55. The van der Waals surface area contributed by atoms with Gasteiger partial charge in [-0.05, 0) is 73.5 Å². The minimum atomic E-state index is -0.433. The van der Waals surface area contributed by atoms with Crippen molar-refractivity contribution in [2.45, 2.75) is 25.9 Å². The second-order valence-corrected chi connectivity index (χ2v) is 8.19. The van der Waals surface area contributed by atoms with E-state index in [9.17, 15) is 5.26 Å². The minimum Gasteiger partial charge on any atom is -0.377 e. The van der Waals surface area contributed by atoms with E-state index >= 15 is 0 Å². The molecule has 0 radical (unpaired) electrons. The van der Waals surface area contributed by atoms with E-state index in [4.69, 9.17) is 0 Å². The van der Waals surface area contributed by atoms with Crippen LogP contribution in [0.25, 0.3) is 0 Å². The molecule has 2 unspecified atom stereocenters. The summed E-state index contributed by atoms with van der Waals surface area (Å²) in [5, 5.41) is 17.7. The molecule has 2 N–H and O–H groups in total. The molecule has 0 aliphatic heterocycles. The van der Waals surface area contributed by atoms with E-state index in [-0.39, 0.29) is 12.1 Å². The first-order chi connectivity index (χ1) is 16.1. The number of hydrogen-bond acceptors (Lipinski definition) is 5. The summed E-state index contributed by atoms with van der Waals surface area (Å²) < 4.78 is 0. The normalized spacial score (nSPS) is 13.4. The van der Waals surface area contributed by atoms with Gasteiger partial charge in [-0.2, -0.15) is 5.26 Å². The molecule has 0 fully saturated rings. The fraction of sp³-hybridized carbons (Fsp3) is 0.179. The Hall–Kier alpha value is -4.17. The Bertz CT molecular complexity index is 1090. The summed E-state index contributed by atoms with van der Waals surface area (Å²) in [6.45, 7) is 4.13. The maximum atomic E-state index is 10.5. The highest BCUT2D eigenvalue weighted by Gasteiger charge is 2.32. The summed E-state index contributed by atoms with van der Waals surface area (Å²) in [5.41, 5.74) is 6.31. The average Bonchev–Trinajstić information content (AvgIpc) is 2.86. The zero-order valence-corrected chi connectivity index (χ0v) is 18.8. The van der Waals surface area contributed by atoms with Gasteiger partial charge in [0.15, 0.2) is 0 Å². The Labute approximate surface area is 195 Å².